The minimum Gasteiger partial charge on any atom is -0.234 e. The normalized spacial score (nSPS) is 11.3. The monoisotopic (exact) mass is 329 g/mol. The molecule has 3 aromatic rings. The Bertz CT molecular complexity index is 894. The highest BCUT2D eigenvalue weighted by Crippen LogP contribution is 2.28. The maximum Gasteiger partial charge on any atom is 0.223 e. The van der Waals surface area contributed by atoms with E-state index in [4.69, 9.17) is 11.6 Å². The van der Waals surface area contributed by atoms with Crippen molar-refractivity contribution < 1.29 is 8.42 Å². The van der Waals surface area contributed by atoms with E-state index < -0.39 is 9.84 Å². The van der Waals surface area contributed by atoms with Gasteiger partial charge in [0.1, 0.15) is 0 Å². The molecule has 5 heteroatoms. The van der Waals surface area contributed by atoms with Crippen molar-refractivity contribution in [3.05, 3.63) is 77.8 Å². The number of benzene rings is 2. The predicted molar refractivity (Wildman–Crippen MR) is 86.6 cm³/mol. The molecule has 0 atom stereocenters. The maximum absolute atomic E-state index is 12.6. The van der Waals surface area contributed by atoms with Crippen molar-refractivity contribution in [1.82, 2.24) is 4.98 Å². The van der Waals surface area contributed by atoms with Crippen LogP contribution in [0.1, 0.15) is 0 Å². The molecule has 0 bridgehead atoms. The van der Waals surface area contributed by atoms with Gasteiger partial charge in [0.15, 0.2) is 5.03 Å². The van der Waals surface area contributed by atoms with E-state index in [1.807, 2.05) is 30.3 Å². The van der Waals surface area contributed by atoms with Crippen molar-refractivity contribution in [3.8, 4) is 11.3 Å². The zero-order valence-corrected chi connectivity index (χ0v) is 13.1. The van der Waals surface area contributed by atoms with E-state index in [0.717, 1.165) is 5.56 Å². The molecule has 2 aromatic carbocycles. The van der Waals surface area contributed by atoms with Crippen LogP contribution in [0, 0.1) is 0 Å². The van der Waals surface area contributed by atoms with Crippen LogP contribution in [0.25, 0.3) is 11.3 Å². The van der Waals surface area contributed by atoms with Crippen LogP contribution >= 0.6 is 11.6 Å². The van der Waals surface area contributed by atoms with Crippen molar-refractivity contribution in [2.24, 2.45) is 0 Å². The lowest BCUT2D eigenvalue weighted by atomic mass is 10.1. The molecule has 0 unspecified atom stereocenters. The summed E-state index contributed by atoms with van der Waals surface area (Å²) >= 11 is 6.17. The van der Waals surface area contributed by atoms with E-state index in [9.17, 15) is 8.42 Å². The lowest BCUT2D eigenvalue weighted by molar-refractivity contribution is 0.592. The fraction of sp³-hybridized carbons (Fsp3) is 0. The van der Waals surface area contributed by atoms with Gasteiger partial charge >= 0.3 is 0 Å². The van der Waals surface area contributed by atoms with Gasteiger partial charge in [0.05, 0.1) is 15.6 Å². The molecule has 3 rings (SSSR count). The second-order valence-electron chi connectivity index (χ2n) is 4.66. The minimum absolute atomic E-state index is 0.0121. The molecule has 22 heavy (non-hydrogen) atoms. The number of halogens is 1. The van der Waals surface area contributed by atoms with Crippen LogP contribution in [0.2, 0.25) is 5.02 Å². The van der Waals surface area contributed by atoms with Gasteiger partial charge in [0, 0.05) is 5.56 Å². The van der Waals surface area contributed by atoms with Gasteiger partial charge < -0.3 is 0 Å². The van der Waals surface area contributed by atoms with Gasteiger partial charge in [-0.15, -0.1) is 0 Å². The summed E-state index contributed by atoms with van der Waals surface area (Å²) in [4.78, 5) is 4.48. The summed E-state index contributed by atoms with van der Waals surface area (Å²) in [6.45, 7) is 0. The number of aromatic nitrogens is 1. The fourth-order valence-electron chi connectivity index (χ4n) is 2.09. The summed E-state index contributed by atoms with van der Waals surface area (Å²) in [5.41, 5.74) is 1.23. The Morgan fingerprint density at radius 2 is 1.36 bits per heavy atom. The second-order valence-corrected chi connectivity index (χ2v) is 6.97. The molecular formula is C17H12ClNO2S. The van der Waals surface area contributed by atoms with E-state index >= 15 is 0 Å². The summed E-state index contributed by atoms with van der Waals surface area (Å²) < 4.78 is 25.2. The van der Waals surface area contributed by atoms with Crippen molar-refractivity contribution in [2.45, 2.75) is 9.92 Å². The second kappa shape index (κ2) is 5.91. The summed E-state index contributed by atoms with van der Waals surface area (Å²) in [5.74, 6) is 0. The highest BCUT2D eigenvalue weighted by atomic mass is 35.5. The molecular weight excluding hydrogens is 318 g/mol. The Hall–Kier alpha value is -2.17. The van der Waals surface area contributed by atoms with E-state index in [1.165, 1.54) is 6.07 Å². The predicted octanol–water partition coefficient (Wildman–Crippen LogP) is 4.23. The van der Waals surface area contributed by atoms with Crippen LogP contribution in [0.15, 0.2) is 82.7 Å². The highest BCUT2D eigenvalue weighted by molar-refractivity contribution is 7.91. The molecule has 0 aliphatic heterocycles. The molecule has 0 saturated heterocycles. The lowest BCUT2D eigenvalue weighted by Gasteiger charge is -2.08. The Morgan fingerprint density at radius 3 is 2.00 bits per heavy atom. The van der Waals surface area contributed by atoms with Crippen LogP contribution in [0.5, 0.6) is 0 Å². The van der Waals surface area contributed by atoms with E-state index in [0.29, 0.717) is 10.7 Å². The van der Waals surface area contributed by atoms with Crippen LogP contribution < -0.4 is 0 Å². The lowest BCUT2D eigenvalue weighted by Crippen LogP contribution is -2.05. The summed E-state index contributed by atoms with van der Waals surface area (Å²) in [7, 11) is -3.66. The molecule has 0 radical (unpaired) electrons. The number of hydrogen-bond acceptors (Lipinski definition) is 3. The average Bonchev–Trinajstić information content (AvgIpc) is 2.57. The van der Waals surface area contributed by atoms with E-state index in [2.05, 4.69) is 4.98 Å². The molecule has 0 N–H and O–H groups in total. The first kappa shape index (κ1) is 14.8. The zero-order valence-electron chi connectivity index (χ0n) is 11.5. The Morgan fingerprint density at radius 1 is 0.773 bits per heavy atom. The number of pyridine rings is 1. The SMILES string of the molecule is O=S(=O)(c1ccccc1)c1ccc(Cl)c(-c2ccccc2)n1. The Labute approximate surface area is 134 Å². The van der Waals surface area contributed by atoms with E-state index in [-0.39, 0.29) is 9.92 Å². The smallest absolute Gasteiger partial charge is 0.223 e. The zero-order chi connectivity index (χ0) is 15.6. The first-order chi connectivity index (χ1) is 10.6. The average molecular weight is 330 g/mol. The van der Waals surface area contributed by atoms with Crippen molar-refractivity contribution in [2.75, 3.05) is 0 Å². The first-order valence-electron chi connectivity index (χ1n) is 6.61. The van der Waals surface area contributed by atoms with Crippen molar-refractivity contribution in [3.63, 3.8) is 0 Å². The third-order valence-corrected chi connectivity index (χ3v) is 5.17. The molecule has 1 aromatic heterocycles. The van der Waals surface area contributed by atoms with Crippen LogP contribution in [-0.2, 0) is 9.84 Å². The van der Waals surface area contributed by atoms with Crippen LogP contribution in [0.4, 0.5) is 0 Å². The minimum atomic E-state index is -3.66. The molecule has 3 nitrogen and oxygen atoms in total. The fourth-order valence-corrected chi connectivity index (χ4v) is 3.52. The van der Waals surface area contributed by atoms with Crippen LogP contribution in [-0.4, -0.2) is 13.4 Å². The molecule has 110 valence electrons. The topological polar surface area (TPSA) is 47.0 Å². The molecule has 1 heterocycles. The first-order valence-corrected chi connectivity index (χ1v) is 8.47. The standard InChI is InChI=1S/C17H12ClNO2S/c18-15-11-12-16(19-17(15)13-7-3-1-4-8-13)22(20,21)14-9-5-2-6-10-14/h1-12H. The van der Waals surface area contributed by atoms with Crippen LogP contribution in [0.3, 0.4) is 0 Å². The molecule has 0 aliphatic rings. The van der Waals surface area contributed by atoms with Crippen molar-refractivity contribution >= 4 is 21.4 Å². The maximum atomic E-state index is 12.6. The van der Waals surface area contributed by atoms with Crippen molar-refractivity contribution in [1.29, 1.82) is 0 Å². The quantitative estimate of drug-likeness (QED) is 0.722. The molecule has 0 spiro atoms. The van der Waals surface area contributed by atoms with Gasteiger partial charge in [-0.1, -0.05) is 60.1 Å². The summed E-state index contributed by atoms with van der Waals surface area (Å²) in [6, 6.07) is 20.5. The van der Waals surface area contributed by atoms with Gasteiger partial charge in [-0.25, -0.2) is 13.4 Å². The Balaban J connectivity index is 2.14. The molecule has 0 aliphatic carbocycles. The number of nitrogens with zero attached hydrogens (tertiary/aromatic N) is 1. The number of hydrogen-bond donors (Lipinski definition) is 0. The molecule has 0 fully saturated rings. The largest absolute Gasteiger partial charge is 0.234 e. The van der Waals surface area contributed by atoms with Gasteiger partial charge in [-0.3, -0.25) is 0 Å². The number of sulfone groups is 1. The third-order valence-electron chi connectivity index (χ3n) is 3.20. The highest BCUT2D eigenvalue weighted by Gasteiger charge is 2.20. The summed E-state index contributed by atoms with van der Waals surface area (Å²) in [6.07, 6.45) is 0. The third kappa shape index (κ3) is 2.75. The van der Waals surface area contributed by atoms with Gasteiger partial charge in [0.25, 0.3) is 0 Å². The van der Waals surface area contributed by atoms with Gasteiger partial charge in [0.2, 0.25) is 9.84 Å². The Kier molecular flexibility index (Phi) is 3.96. The number of rotatable bonds is 3. The molecule has 0 amide bonds. The van der Waals surface area contributed by atoms with Gasteiger partial charge in [-0.05, 0) is 24.3 Å². The summed E-state index contributed by atoms with van der Waals surface area (Å²) in [5, 5.41) is 0.403. The van der Waals surface area contributed by atoms with Gasteiger partial charge in [-0.2, -0.15) is 0 Å². The molecule has 0 saturated carbocycles. The van der Waals surface area contributed by atoms with E-state index in [1.54, 1.807) is 36.4 Å².